The molecule has 0 aliphatic heterocycles. The number of carbonyl (C=O) groups excluding carboxylic acids is 1. The first-order chi connectivity index (χ1) is 8.67. The summed E-state index contributed by atoms with van der Waals surface area (Å²) >= 11 is 11.8. The fraction of sp³-hybridized carbons (Fsp3) is 0.250. The Hall–Kier alpha value is -1.39. The van der Waals surface area contributed by atoms with Crippen molar-refractivity contribution in [3.63, 3.8) is 0 Å². The number of aromatic nitrogens is 3. The van der Waals surface area contributed by atoms with Crippen molar-refractivity contribution in [3.05, 3.63) is 39.6 Å². The fourth-order valence-electron chi connectivity index (χ4n) is 1.70. The van der Waals surface area contributed by atoms with Crippen LogP contribution in [0.1, 0.15) is 29.5 Å². The number of rotatable bonds is 4. The van der Waals surface area contributed by atoms with Gasteiger partial charge in [0.1, 0.15) is 5.69 Å². The summed E-state index contributed by atoms with van der Waals surface area (Å²) in [6.45, 7) is 2.03. The molecule has 0 spiro atoms. The first-order valence-corrected chi connectivity index (χ1v) is 6.28. The minimum Gasteiger partial charge on any atom is -0.296 e. The van der Waals surface area contributed by atoms with Crippen LogP contribution in [0.4, 0.5) is 0 Å². The first-order valence-electron chi connectivity index (χ1n) is 5.52. The molecule has 1 heterocycles. The molecule has 2 rings (SSSR count). The van der Waals surface area contributed by atoms with Crippen molar-refractivity contribution in [2.24, 2.45) is 0 Å². The first kappa shape index (κ1) is 13.1. The minimum absolute atomic E-state index is 0.364. The Bertz CT molecular complexity index is 581. The van der Waals surface area contributed by atoms with E-state index in [4.69, 9.17) is 23.2 Å². The Balaban J connectivity index is 2.52. The van der Waals surface area contributed by atoms with Gasteiger partial charge >= 0.3 is 0 Å². The second-order valence-electron chi connectivity index (χ2n) is 3.80. The van der Waals surface area contributed by atoms with Crippen LogP contribution in [-0.2, 0) is 6.42 Å². The van der Waals surface area contributed by atoms with Gasteiger partial charge in [-0.1, -0.05) is 41.8 Å². The topological polar surface area (TPSA) is 47.8 Å². The van der Waals surface area contributed by atoms with E-state index in [1.807, 2.05) is 6.92 Å². The molecular formula is C12H11Cl2N3O. The van der Waals surface area contributed by atoms with Crippen molar-refractivity contribution in [3.8, 4) is 5.69 Å². The standard InChI is InChI=1S/C12H11Cl2N3O/c1-2-3-12-11(7-18)15-16-17(12)8-4-5-9(13)10(14)6-8/h4-7H,2-3H2,1H3. The number of hydrogen-bond donors (Lipinski definition) is 0. The van der Waals surface area contributed by atoms with E-state index in [1.165, 1.54) is 0 Å². The van der Waals surface area contributed by atoms with Crippen molar-refractivity contribution in [2.45, 2.75) is 19.8 Å². The van der Waals surface area contributed by atoms with Gasteiger partial charge in [0.15, 0.2) is 6.29 Å². The van der Waals surface area contributed by atoms with Gasteiger partial charge in [-0.05, 0) is 24.6 Å². The van der Waals surface area contributed by atoms with Crippen LogP contribution in [0, 0.1) is 0 Å². The molecule has 2 aromatic rings. The molecule has 0 saturated heterocycles. The molecule has 18 heavy (non-hydrogen) atoms. The monoisotopic (exact) mass is 283 g/mol. The molecule has 4 nitrogen and oxygen atoms in total. The third kappa shape index (κ3) is 2.40. The highest BCUT2D eigenvalue weighted by Crippen LogP contribution is 2.25. The summed E-state index contributed by atoms with van der Waals surface area (Å²) in [6, 6.07) is 5.18. The molecule has 94 valence electrons. The predicted octanol–water partition coefficient (Wildman–Crippen LogP) is 3.34. The quantitative estimate of drug-likeness (QED) is 0.809. The van der Waals surface area contributed by atoms with Crippen LogP contribution >= 0.6 is 23.2 Å². The minimum atomic E-state index is 0.364. The fourth-order valence-corrected chi connectivity index (χ4v) is 1.99. The van der Waals surface area contributed by atoms with Gasteiger partial charge in [0.25, 0.3) is 0 Å². The number of hydrogen-bond acceptors (Lipinski definition) is 3. The average Bonchev–Trinajstić information content (AvgIpc) is 2.76. The molecule has 0 saturated carbocycles. The zero-order valence-corrected chi connectivity index (χ0v) is 11.2. The lowest BCUT2D eigenvalue weighted by Gasteiger charge is -2.06. The number of benzene rings is 1. The Morgan fingerprint density at radius 2 is 2.11 bits per heavy atom. The van der Waals surface area contributed by atoms with E-state index in [-0.39, 0.29) is 0 Å². The van der Waals surface area contributed by atoms with E-state index < -0.39 is 0 Å². The lowest BCUT2D eigenvalue weighted by molar-refractivity contribution is 0.111. The normalized spacial score (nSPS) is 10.6. The zero-order valence-electron chi connectivity index (χ0n) is 9.73. The molecular weight excluding hydrogens is 273 g/mol. The van der Waals surface area contributed by atoms with Gasteiger partial charge in [-0.2, -0.15) is 0 Å². The maximum atomic E-state index is 10.9. The van der Waals surface area contributed by atoms with Crippen molar-refractivity contribution < 1.29 is 4.79 Å². The van der Waals surface area contributed by atoms with E-state index in [0.29, 0.717) is 22.0 Å². The summed E-state index contributed by atoms with van der Waals surface area (Å²) in [5.41, 5.74) is 1.89. The maximum Gasteiger partial charge on any atom is 0.172 e. The smallest absolute Gasteiger partial charge is 0.172 e. The van der Waals surface area contributed by atoms with Crippen LogP contribution in [-0.4, -0.2) is 21.3 Å². The molecule has 0 aliphatic rings. The van der Waals surface area contributed by atoms with Gasteiger partial charge in [-0.15, -0.1) is 5.10 Å². The van der Waals surface area contributed by atoms with Crippen LogP contribution < -0.4 is 0 Å². The van der Waals surface area contributed by atoms with E-state index in [1.54, 1.807) is 22.9 Å². The van der Waals surface area contributed by atoms with Crippen molar-refractivity contribution in [1.82, 2.24) is 15.0 Å². The van der Waals surface area contributed by atoms with Crippen molar-refractivity contribution >= 4 is 29.5 Å². The van der Waals surface area contributed by atoms with E-state index in [9.17, 15) is 4.79 Å². The van der Waals surface area contributed by atoms with Crippen LogP contribution in [0.5, 0.6) is 0 Å². The lowest BCUT2D eigenvalue weighted by atomic mass is 10.2. The van der Waals surface area contributed by atoms with Gasteiger partial charge in [-0.3, -0.25) is 4.79 Å². The average molecular weight is 284 g/mol. The Morgan fingerprint density at radius 3 is 2.72 bits per heavy atom. The second-order valence-corrected chi connectivity index (χ2v) is 4.61. The summed E-state index contributed by atoms with van der Waals surface area (Å²) in [5, 5.41) is 8.75. The predicted molar refractivity (Wildman–Crippen MR) is 70.8 cm³/mol. The summed E-state index contributed by atoms with van der Waals surface area (Å²) < 4.78 is 1.62. The van der Waals surface area contributed by atoms with E-state index in [0.717, 1.165) is 24.2 Å². The van der Waals surface area contributed by atoms with Gasteiger partial charge < -0.3 is 0 Å². The number of carbonyl (C=O) groups is 1. The second kappa shape index (κ2) is 5.50. The van der Waals surface area contributed by atoms with Gasteiger partial charge in [0.2, 0.25) is 0 Å². The van der Waals surface area contributed by atoms with Gasteiger partial charge in [0.05, 0.1) is 21.4 Å². The van der Waals surface area contributed by atoms with E-state index >= 15 is 0 Å². The molecule has 0 amide bonds. The Labute approximate surface area is 115 Å². The zero-order chi connectivity index (χ0) is 13.1. The molecule has 0 aliphatic carbocycles. The SMILES string of the molecule is CCCc1c(C=O)nnn1-c1ccc(Cl)c(Cl)c1. The molecule has 0 atom stereocenters. The van der Waals surface area contributed by atoms with Crippen LogP contribution in [0.25, 0.3) is 5.69 Å². The molecule has 1 aromatic carbocycles. The number of nitrogens with zero attached hydrogens (tertiary/aromatic N) is 3. The van der Waals surface area contributed by atoms with Gasteiger partial charge in [-0.25, -0.2) is 4.68 Å². The van der Waals surface area contributed by atoms with Crippen LogP contribution in [0.2, 0.25) is 10.0 Å². The Kier molecular flexibility index (Phi) is 3.99. The number of halogens is 2. The summed E-state index contributed by atoms with van der Waals surface area (Å²) in [4.78, 5) is 10.9. The molecule has 0 fully saturated rings. The van der Waals surface area contributed by atoms with E-state index in [2.05, 4.69) is 10.3 Å². The highest BCUT2D eigenvalue weighted by molar-refractivity contribution is 6.42. The molecule has 1 aromatic heterocycles. The Morgan fingerprint density at radius 1 is 1.33 bits per heavy atom. The van der Waals surface area contributed by atoms with Crippen LogP contribution in [0.3, 0.4) is 0 Å². The van der Waals surface area contributed by atoms with Gasteiger partial charge in [0, 0.05) is 0 Å². The largest absolute Gasteiger partial charge is 0.296 e. The summed E-state index contributed by atoms with van der Waals surface area (Å²) in [5.74, 6) is 0. The summed E-state index contributed by atoms with van der Waals surface area (Å²) in [6.07, 6.45) is 2.34. The molecule has 0 unspecified atom stereocenters. The molecule has 0 radical (unpaired) electrons. The summed E-state index contributed by atoms with van der Waals surface area (Å²) in [7, 11) is 0. The highest BCUT2D eigenvalue weighted by atomic mass is 35.5. The third-order valence-corrected chi connectivity index (χ3v) is 3.28. The maximum absolute atomic E-state index is 10.9. The van der Waals surface area contributed by atoms with Crippen molar-refractivity contribution in [2.75, 3.05) is 0 Å². The molecule has 0 N–H and O–H groups in total. The molecule has 0 bridgehead atoms. The number of aldehydes is 1. The van der Waals surface area contributed by atoms with Crippen LogP contribution in [0.15, 0.2) is 18.2 Å². The third-order valence-electron chi connectivity index (χ3n) is 2.54. The highest BCUT2D eigenvalue weighted by Gasteiger charge is 2.13. The molecule has 6 heteroatoms. The lowest BCUT2D eigenvalue weighted by Crippen LogP contribution is -2.03. The van der Waals surface area contributed by atoms with Crippen molar-refractivity contribution in [1.29, 1.82) is 0 Å².